The molecule has 0 amide bonds. The number of carbonyl (C=O) groups excluding carboxylic acids is 1. The maximum atomic E-state index is 12.4. The Balaban J connectivity index is 0.000000184. The lowest BCUT2D eigenvalue weighted by atomic mass is 10.2. The molecule has 0 radical (unpaired) electrons. The Morgan fingerprint density at radius 1 is 0.925 bits per heavy atom. The van der Waals surface area contributed by atoms with Crippen LogP contribution in [0.5, 0.6) is 0 Å². The van der Waals surface area contributed by atoms with E-state index in [0.29, 0.717) is 30.3 Å². The second kappa shape index (κ2) is 13.2. The molecule has 5 heterocycles. The van der Waals surface area contributed by atoms with Crippen LogP contribution in [-0.4, -0.2) is 45.9 Å². The Kier molecular flexibility index (Phi) is 10.4. The Labute approximate surface area is 246 Å². The lowest BCUT2D eigenvalue weighted by molar-refractivity contribution is -0.141. The Bertz CT molecular complexity index is 1530. The smallest absolute Gasteiger partial charge is 0.374 e. The monoisotopic (exact) mass is 706 g/mol. The van der Waals surface area contributed by atoms with Crippen molar-refractivity contribution in [1.82, 2.24) is 34.8 Å². The zero-order chi connectivity index (χ0) is 29.7. The molecule has 0 atom stereocenters. The highest BCUT2D eigenvalue weighted by Gasteiger charge is 2.33. The highest BCUT2D eigenvalue weighted by atomic mass is 79.9. The topological polar surface area (TPSA) is 125 Å². The molecule has 0 saturated heterocycles. The van der Waals surface area contributed by atoms with Crippen LogP contribution in [0.2, 0.25) is 8.93 Å². The molecule has 0 unspecified atom stereocenters. The van der Waals surface area contributed by atoms with Crippen molar-refractivity contribution in [3.8, 4) is 11.3 Å². The Morgan fingerprint density at radius 3 is 1.95 bits per heavy atom. The summed E-state index contributed by atoms with van der Waals surface area (Å²) in [6.07, 6.45) is -5.26. The predicted molar refractivity (Wildman–Crippen MR) is 141 cm³/mol. The third-order valence-electron chi connectivity index (χ3n) is 4.28. The number of nitrogens with two attached hydrogens (primary N) is 1. The van der Waals surface area contributed by atoms with Crippen molar-refractivity contribution < 1.29 is 31.1 Å². The van der Waals surface area contributed by atoms with Gasteiger partial charge in [0.05, 0.1) is 17.2 Å². The minimum atomic E-state index is -4.46. The number of rotatable bonds is 3. The van der Waals surface area contributed by atoms with Crippen LogP contribution in [0.4, 0.5) is 31.5 Å². The van der Waals surface area contributed by atoms with E-state index in [1.54, 1.807) is 6.20 Å². The number of imidazole rings is 1. The van der Waals surface area contributed by atoms with Gasteiger partial charge in [0.2, 0.25) is 19.0 Å². The van der Waals surface area contributed by atoms with E-state index in [-0.39, 0.29) is 16.7 Å². The summed E-state index contributed by atoms with van der Waals surface area (Å²) >= 11 is 16.3. The lowest BCUT2D eigenvalue weighted by Crippen LogP contribution is -2.09. The molecule has 0 bridgehead atoms. The number of hydrogen-bond acceptors (Lipinski definition) is 10. The van der Waals surface area contributed by atoms with E-state index < -0.39 is 23.7 Å². The van der Waals surface area contributed by atoms with E-state index in [2.05, 4.69) is 46.2 Å². The molecule has 20 heteroatoms. The van der Waals surface area contributed by atoms with E-state index in [4.69, 9.17) is 28.9 Å². The molecule has 40 heavy (non-hydrogen) atoms. The first-order chi connectivity index (χ1) is 18.7. The molecule has 5 aromatic rings. The molecule has 9 nitrogen and oxygen atoms in total. The van der Waals surface area contributed by atoms with E-state index in [9.17, 15) is 31.1 Å². The number of Topliss-reactive ketones (excluding diaryl/α,β-unsaturated/α-hetero) is 1. The van der Waals surface area contributed by atoms with E-state index in [1.165, 1.54) is 21.9 Å². The van der Waals surface area contributed by atoms with Crippen LogP contribution in [0.15, 0.2) is 42.9 Å². The van der Waals surface area contributed by atoms with Crippen molar-refractivity contribution in [1.29, 1.82) is 0 Å². The molecule has 0 fully saturated rings. The van der Waals surface area contributed by atoms with Crippen LogP contribution in [0.3, 0.4) is 0 Å². The van der Waals surface area contributed by atoms with Crippen LogP contribution < -0.4 is 5.73 Å². The first-order valence-electron chi connectivity index (χ1n) is 10.1. The van der Waals surface area contributed by atoms with Crippen molar-refractivity contribution >= 4 is 77.7 Å². The minimum absolute atomic E-state index is 0.0695. The molecular formula is C20H11BrCl2F6N8OS2. The summed E-state index contributed by atoms with van der Waals surface area (Å²) in [5.74, 6) is -0.300. The first kappa shape index (κ1) is 31.6. The molecule has 5 aromatic heterocycles. The first-order valence-corrected chi connectivity index (χ1v) is 13.6. The molecule has 0 aromatic carbocycles. The van der Waals surface area contributed by atoms with Gasteiger partial charge in [-0.1, -0.05) is 38.6 Å². The third-order valence-corrected chi connectivity index (χ3v) is 6.66. The normalized spacial score (nSPS) is 11.4. The van der Waals surface area contributed by atoms with Gasteiger partial charge >= 0.3 is 12.4 Å². The average molecular weight is 708 g/mol. The molecule has 0 aliphatic rings. The van der Waals surface area contributed by atoms with Gasteiger partial charge in [-0.25, -0.2) is 9.50 Å². The quantitative estimate of drug-likeness (QED) is 0.121. The standard InChI is InChI=1S/C10H4ClF3N4S.C8H5BrF3NO.C2H2ClN3S/c11-8-17-18-4-6(16-9(18)19-8)5-1-2-7(15-3-5)10(12,13)14;9-3-6(14)5-1-2-7(13-4-5)8(10,11)12;3-1-5-6-2(4)7-1/h1-4H;1-2,4H,3H2;(H2,4,6). The number of alkyl halides is 7. The third kappa shape index (κ3) is 8.79. The molecule has 0 saturated carbocycles. The number of ketones is 1. The number of nitrogens with zero attached hydrogens (tertiary/aromatic N) is 7. The van der Waals surface area contributed by atoms with Gasteiger partial charge in [-0.15, -0.1) is 15.3 Å². The van der Waals surface area contributed by atoms with Gasteiger partial charge in [0.1, 0.15) is 11.4 Å². The molecule has 0 aliphatic heterocycles. The van der Waals surface area contributed by atoms with Crippen molar-refractivity contribution in [3.63, 3.8) is 0 Å². The van der Waals surface area contributed by atoms with Crippen molar-refractivity contribution in [2.45, 2.75) is 12.4 Å². The van der Waals surface area contributed by atoms with Crippen LogP contribution in [0.25, 0.3) is 16.2 Å². The fourth-order valence-electron chi connectivity index (χ4n) is 2.55. The van der Waals surface area contributed by atoms with Gasteiger partial charge in [-0.3, -0.25) is 14.8 Å². The van der Waals surface area contributed by atoms with Crippen molar-refractivity contribution in [2.75, 3.05) is 11.1 Å². The number of pyridine rings is 2. The van der Waals surface area contributed by atoms with Crippen LogP contribution in [0.1, 0.15) is 21.7 Å². The summed E-state index contributed by atoms with van der Waals surface area (Å²) < 4.78 is 75.5. The molecular weight excluding hydrogens is 697 g/mol. The van der Waals surface area contributed by atoms with Gasteiger partial charge in [0, 0.05) is 23.5 Å². The molecule has 5 rings (SSSR count). The summed E-state index contributed by atoms with van der Waals surface area (Å²) in [5.41, 5.74) is 4.36. The second-order valence-corrected chi connectivity index (χ2v) is 10.7. The van der Waals surface area contributed by atoms with Gasteiger partial charge in [-0.05, 0) is 47.5 Å². The van der Waals surface area contributed by atoms with Gasteiger partial charge < -0.3 is 5.73 Å². The maximum absolute atomic E-state index is 12.4. The predicted octanol–water partition coefficient (Wildman–Crippen LogP) is 6.98. The van der Waals surface area contributed by atoms with Crippen LogP contribution in [-0.2, 0) is 12.4 Å². The number of fused-ring (bicyclic) bond motifs is 1. The second-order valence-electron chi connectivity index (χ2n) is 7.02. The van der Waals surface area contributed by atoms with Gasteiger partial charge in [-0.2, -0.15) is 26.3 Å². The van der Waals surface area contributed by atoms with Gasteiger partial charge in [0.15, 0.2) is 5.78 Å². The zero-order valence-electron chi connectivity index (χ0n) is 19.1. The fourth-order valence-corrected chi connectivity index (χ4v) is 4.38. The Hall–Kier alpha value is -2.93. The largest absolute Gasteiger partial charge is 0.433 e. The number of halogens is 9. The van der Waals surface area contributed by atoms with Crippen molar-refractivity contribution in [2.24, 2.45) is 0 Å². The number of carbonyl (C=O) groups is 1. The summed E-state index contributed by atoms with van der Waals surface area (Å²) in [6, 6.07) is 4.14. The SMILES string of the molecule is FC(F)(F)c1ccc(-c2cn3nc(Cl)sc3n2)cn1.Nc1nnc(Cl)s1.O=C(CBr)c1ccc(C(F)(F)F)nc1. The zero-order valence-corrected chi connectivity index (χ0v) is 23.8. The highest BCUT2D eigenvalue weighted by Crippen LogP contribution is 2.30. The minimum Gasteiger partial charge on any atom is -0.374 e. The van der Waals surface area contributed by atoms with Crippen LogP contribution in [0, 0.1) is 0 Å². The van der Waals surface area contributed by atoms with E-state index in [0.717, 1.165) is 41.9 Å². The molecule has 212 valence electrons. The lowest BCUT2D eigenvalue weighted by Gasteiger charge is -2.05. The Morgan fingerprint density at radius 2 is 1.55 bits per heavy atom. The number of aromatic nitrogens is 7. The highest BCUT2D eigenvalue weighted by molar-refractivity contribution is 9.09. The van der Waals surface area contributed by atoms with Gasteiger partial charge in [0.25, 0.3) is 0 Å². The summed E-state index contributed by atoms with van der Waals surface area (Å²) in [6.45, 7) is 0. The number of anilines is 1. The summed E-state index contributed by atoms with van der Waals surface area (Å²) in [4.78, 5) is 22.3. The molecule has 0 spiro atoms. The maximum Gasteiger partial charge on any atom is 0.433 e. The van der Waals surface area contributed by atoms with E-state index in [1.807, 2.05) is 0 Å². The van der Waals surface area contributed by atoms with Crippen molar-refractivity contribution in [3.05, 3.63) is 68.7 Å². The molecule has 0 aliphatic carbocycles. The fraction of sp³-hybridized carbons (Fsp3) is 0.150. The number of nitrogen functional groups attached to an aromatic ring is 1. The molecule has 2 N–H and O–H groups in total. The summed E-state index contributed by atoms with van der Waals surface area (Å²) in [5, 5.41) is 11.3. The number of hydrogen-bond donors (Lipinski definition) is 1. The van der Waals surface area contributed by atoms with Crippen LogP contribution >= 0.6 is 61.8 Å². The van der Waals surface area contributed by atoms with E-state index >= 15 is 0 Å². The average Bonchev–Trinajstić information content (AvgIpc) is 3.57. The summed E-state index contributed by atoms with van der Waals surface area (Å²) in [7, 11) is 0.